The van der Waals surface area contributed by atoms with Gasteiger partial charge in [-0.2, -0.15) is 17.6 Å². The van der Waals surface area contributed by atoms with Gasteiger partial charge in [0.25, 0.3) is 20.1 Å². The van der Waals surface area contributed by atoms with Gasteiger partial charge in [0.05, 0.1) is 29.9 Å². The quantitative estimate of drug-likeness (QED) is 0.692. The molecule has 1 aromatic heterocycles. The van der Waals surface area contributed by atoms with Crippen molar-refractivity contribution >= 4 is 26.2 Å². The van der Waals surface area contributed by atoms with Crippen LogP contribution in [0.15, 0.2) is 41.4 Å². The lowest BCUT2D eigenvalue weighted by Gasteiger charge is -2.24. The molecule has 0 saturated heterocycles. The van der Waals surface area contributed by atoms with Gasteiger partial charge < -0.3 is 4.74 Å². The molecular weight excluding hydrogens is 422 g/mol. The van der Waals surface area contributed by atoms with Crippen molar-refractivity contribution < 1.29 is 30.9 Å². The molecule has 1 aliphatic heterocycles. The van der Waals surface area contributed by atoms with Gasteiger partial charge in [-0.05, 0) is 32.9 Å². The number of carbonyl (C=O) groups excluding carboxylic acids is 1. The Morgan fingerprint density at radius 3 is 2.10 bits per heavy atom. The van der Waals surface area contributed by atoms with Gasteiger partial charge >= 0.3 is 6.09 Å². The Hall–Kier alpha value is -2.44. The van der Waals surface area contributed by atoms with Gasteiger partial charge in [0.2, 0.25) is 0 Å². The topological polar surface area (TPSA) is 136 Å². The predicted molar refractivity (Wildman–Crippen MR) is 104 cm³/mol. The molecule has 1 amide bonds. The van der Waals surface area contributed by atoms with Crippen molar-refractivity contribution in [2.24, 2.45) is 0 Å². The van der Waals surface area contributed by atoms with Crippen LogP contribution >= 0.6 is 0 Å². The van der Waals surface area contributed by atoms with E-state index in [4.69, 9.17) is 9.29 Å². The van der Waals surface area contributed by atoms with Crippen molar-refractivity contribution in [3.05, 3.63) is 47.8 Å². The van der Waals surface area contributed by atoms with Crippen LogP contribution in [0.5, 0.6) is 0 Å². The second kappa shape index (κ2) is 8.13. The molecule has 2 heterocycles. The molecule has 10 nitrogen and oxygen atoms in total. The highest BCUT2D eigenvalue weighted by molar-refractivity contribution is 7.89. The molecular formula is C17H23N3O7S2. The number of benzene rings is 1. The lowest BCUT2D eigenvalue weighted by molar-refractivity contribution is 0.0239. The van der Waals surface area contributed by atoms with Crippen molar-refractivity contribution in [1.29, 1.82) is 0 Å². The third kappa shape index (κ3) is 6.54. The summed E-state index contributed by atoms with van der Waals surface area (Å²) in [6.45, 7) is 5.98. The van der Waals surface area contributed by atoms with Crippen LogP contribution in [0.4, 0.5) is 4.79 Å². The number of carbonyl (C=O) groups is 1. The lowest BCUT2D eigenvalue weighted by Crippen LogP contribution is -2.33. The zero-order valence-electron chi connectivity index (χ0n) is 16.4. The highest BCUT2D eigenvalue weighted by Gasteiger charge is 2.30. The third-order valence-corrected chi connectivity index (χ3v) is 5.33. The van der Waals surface area contributed by atoms with Crippen molar-refractivity contribution in [1.82, 2.24) is 14.1 Å². The van der Waals surface area contributed by atoms with E-state index in [1.54, 1.807) is 39.0 Å². The van der Waals surface area contributed by atoms with Gasteiger partial charge in [-0.1, -0.05) is 18.2 Å². The fraction of sp³-hybridized carbons (Fsp3) is 0.412. The van der Waals surface area contributed by atoms with Gasteiger partial charge in [-0.3, -0.25) is 9.45 Å². The first-order valence-corrected chi connectivity index (χ1v) is 11.7. The zero-order valence-corrected chi connectivity index (χ0v) is 18.1. The number of ether oxygens (including phenoxy) is 1. The Balaban J connectivity index is 0.000000253. The summed E-state index contributed by atoms with van der Waals surface area (Å²) in [5, 5.41) is 3.97. The summed E-state index contributed by atoms with van der Waals surface area (Å²) < 4.78 is 58.1. The third-order valence-electron chi connectivity index (χ3n) is 3.59. The molecule has 1 aliphatic rings. The Kier molecular flexibility index (Phi) is 6.40. The smallest absolute Gasteiger partial charge is 0.410 e. The van der Waals surface area contributed by atoms with Gasteiger partial charge in [-0.25, -0.2) is 13.2 Å². The minimum Gasteiger partial charge on any atom is -0.444 e. The average Bonchev–Trinajstić information content (AvgIpc) is 3.12. The Morgan fingerprint density at radius 2 is 1.69 bits per heavy atom. The largest absolute Gasteiger partial charge is 0.444 e. The number of amides is 1. The molecule has 0 atom stereocenters. The number of aromatic nitrogens is 2. The number of hydrogen-bond donors (Lipinski definition) is 1. The van der Waals surface area contributed by atoms with Gasteiger partial charge in [-0.15, -0.1) is 0 Å². The molecule has 0 unspecified atom stereocenters. The van der Waals surface area contributed by atoms with Crippen LogP contribution in [0.1, 0.15) is 32.0 Å². The SMILES string of the molecule is CC(C)(C)OC(=O)N1Cc2cn(S(C)(=O)=O)nc2C1.O=S(=O)(O)c1ccccc1. The standard InChI is InChI=1S/C11H17N3O4S.C6H6O3S/c1-11(2,3)18-10(15)13-5-8-6-14(19(4,16)17)12-9(8)7-13;7-10(8,9)6-4-2-1-3-5-6/h6H,5,7H2,1-4H3;1-5H,(H,7,8,9). The van der Waals surface area contributed by atoms with E-state index in [1.807, 2.05) is 0 Å². The van der Waals surface area contributed by atoms with Crippen molar-refractivity contribution in [2.75, 3.05) is 6.26 Å². The van der Waals surface area contributed by atoms with Crippen molar-refractivity contribution in [3.63, 3.8) is 0 Å². The number of rotatable bonds is 2. The van der Waals surface area contributed by atoms with Crippen LogP contribution in [0, 0.1) is 0 Å². The summed E-state index contributed by atoms with van der Waals surface area (Å²) in [6, 6.07) is 7.42. The molecule has 29 heavy (non-hydrogen) atoms. The molecule has 2 aromatic rings. The van der Waals surface area contributed by atoms with Crippen molar-refractivity contribution in [3.8, 4) is 0 Å². The number of fused-ring (bicyclic) bond motifs is 1. The highest BCUT2D eigenvalue weighted by atomic mass is 32.2. The molecule has 0 saturated carbocycles. The average molecular weight is 446 g/mol. The van der Waals surface area contributed by atoms with Crippen LogP contribution < -0.4 is 0 Å². The summed E-state index contributed by atoms with van der Waals surface area (Å²) in [4.78, 5) is 13.3. The maximum absolute atomic E-state index is 11.9. The summed E-state index contributed by atoms with van der Waals surface area (Å²) in [5.74, 6) is 0. The normalized spacial score (nSPS) is 14.0. The molecule has 0 aliphatic carbocycles. The monoisotopic (exact) mass is 445 g/mol. The minimum atomic E-state index is -4.00. The summed E-state index contributed by atoms with van der Waals surface area (Å²) in [7, 11) is -7.38. The van der Waals surface area contributed by atoms with Crippen LogP contribution in [-0.4, -0.2) is 53.4 Å². The maximum atomic E-state index is 11.9. The summed E-state index contributed by atoms with van der Waals surface area (Å²) >= 11 is 0. The van der Waals surface area contributed by atoms with E-state index < -0.39 is 31.8 Å². The van der Waals surface area contributed by atoms with Gasteiger partial charge in [0.1, 0.15) is 5.60 Å². The molecule has 160 valence electrons. The van der Waals surface area contributed by atoms with Crippen LogP contribution in [-0.2, 0) is 38.0 Å². The molecule has 1 aromatic carbocycles. The van der Waals surface area contributed by atoms with E-state index in [-0.39, 0.29) is 11.4 Å². The first-order valence-electron chi connectivity index (χ1n) is 8.45. The number of hydrogen-bond acceptors (Lipinski definition) is 7. The minimum absolute atomic E-state index is 0.0741. The second-order valence-corrected chi connectivity index (χ2v) is 10.6. The van der Waals surface area contributed by atoms with Crippen molar-refractivity contribution in [2.45, 2.75) is 44.4 Å². The Labute approximate surface area is 169 Å². The Bertz CT molecular complexity index is 1060. The fourth-order valence-electron chi connectivity index (χ4n) is 2.35. The maximum Gasteiger partial charge on any atom is 0.410 e. The van der Waals surface area contributed by atoms with E-state index in [2.05, 4.69) is 5.10 Å². The molecule has 0 radical (unpaired) electrons. The molecule has 0 fully saturated rings. The first-order chi connectivity index (χ1) is 13.2. The van der Waals surface area contributed by atoms with Crippen LogP contribution in [0.2, 0.25) is 0 Å². The van der Waals surface area contributed by atoms with E-state index >= 15 is 0 Å². The summed E-state index contributed by atoms with van der Waals surface area (Å²) in [5.41, 5.74) is 0.775. The van der Waals surface area contributed by atoms with E-state index in [9.17, 15) is 21.6 Å². The highest BCUT2D eigenvalue weighted by Crippen LogP contribution is 2.23. The van der Waals surface area contributed by atoms with E-state index in [1.165, 1.54) is 23.2 Å². The second-order valence-electron chi connectivity index (χ2n) is 7.36. The molecule has 3 rings (SSSR count). The molecule has 12 heteroatoms. The van der Waals surface area contributed by atoms with E-state index in [0.717, 1.165) is 15.9 Å². The Morgan fingerprint density at radius 1 is 1.10 bits per heavy atom. The van der Waals surface area contributed by atoms with Crippen LogP contribution in [0.25, 0.3) is 0 Å². The van der Waals surface area contributed by atoms with Crippen LogP contribution in [0.3, 0.4) is 0 Å². The van der Waals surface area contributed by atoms with Gasteiger partial charge in [0, 0.05) is 11.8 Å². The first kappa shape index (κ1) is 22.8. The zero-order chi connectivity index (χ0) is 22.0. The lowest BCUT2D eigenvalue weighted by atomic mass is 10.2. The molecule has 1 N–H and O–H groups in total. The predicted octanol–water partition coefficient (Wildman–Crippen LogP) is 1.87. The molecule has 0 bridgehead atoms. The molecule has 0 spiro atoms. The summed E-state index contributed by atoms with van der Waals surface area (Å²) in [6.07, 6.45) is 2.10. The fourth-order valence-corrected chi connectivity index (χ4v) is 3.41. The van der Waals surface area contributed by atoms with E-state index in [0.29, 0.717) is 12.2 Å². The van der Waals surface area contributed by atoms with Gasteiger partial charge in [0.15, 0.2) is 0 Å². The number of nitrogens with zero attached hydrogens (tertiary/aromatic N) is 3.